The number of nitrogens with zero attached hydrogens (tertiary/aromatic N) is 4. The molecule has 3 aliphatic rings. The molecule has 1 aromatic rings. The van der Waals surface area contributed by atoms with Crippen LogP contribution >= 0.6 is 0 Å². The molecule has 1 saturated carbocycles. The maximum absolute atomic E-state index is 12.4. The summed E-state index contributed by atoms with van der Waals surface area (Å²) in [5, 5.41) is 12.6. The normalized spacial score (nSPS) is 27.9. The van der Waals surface area contributed by atoms with Crippen LogP contribution in [0.25, 0.3) is 0 Å². The number of nitrogens with one attached hydrogen (secondary N) is 1. The zero-order valence-corrected chi connectivity index (χ0v) is 17.3. The second-order valence-electron chi connectivity index (χ2n) is 8.75. The Bertz CT molecular complexity index is 710. The smallest absolute Gasteiger partial charge is 0.237 e. The number of hydrogen-bond donors (Lipinski definition) is 1. The quantitative estimate of drug-likeness (QED) is 0.799. The molecule has 0 spiro atoms. The molecule has 3 fully saturated rings. The minimum Gasteiger partial charge on any atom is -0.369 e. The third kappa shape index (κ3) is 5.09. The lowest BCUT2D eigenvalue weighted by Gasteiger charge is -2.37. The van der Waals surface area contributed by atoms with Crippen LogP contribution in [0, 0.1) is 17.2 Å². The van der Waals surface area contributed by atoms with Gasteiger partial charge in [-0.1, -0.05) is 18.2 Å². The van der Waals surface area contributed by atoms with Gasteiger partial charge in [-0.25, -0.2) is 0 Å². The largest absolute Gasteiger partial charge is 0.369 e. The summed E-state index contributed by atoms with van der Waals surface area (Å²) in [7, 11) is 0. The molecule has 2 aliphatic heterocycles. The summed E-state index contributed by atoms with van der Waals surface area (Å²) in [6.07, 6.45) is 5.34. The molecule has 6 heteroatoms. The van der Waals surface area contributed by atoms with E-state index >= 15 is 0 Å². The molecule has 156 valence electrons. The highest BCUT2D eigenvalue weighted by atomic mass is 16.2. The summed E-state index contributed by atoms with van der Waals surface area (Å²) < 4.78 is 0. The molecule has 3 atom stereocenters. The van der Waals surface area contributed by atoms with Crippen molar-refractivity contribution in [2.24, 2.45) is 5.92 Å². The Balaban J connectivity index is 1.15. The third-order valence-electron chi connectivity index (χ3n) is 6.82. The number of piperazine rings is 1. The first-order valence-electron chi connectivity index (χ1n) is 11.2. The van der Waals surface area contributed by atoms with E-state index in [1.165, 1.54) is 18.7 Å². The molecule has 1 N–H and O–H groups in total. The van der Waals surface area contributed by atoms with Gasteiger partial charge in [-0.15, -0.1) is 0 Å². The van der Waals surface area contributed by atoms with E-state index in [1.807, 2.05) is 0 Å². The van der Waals surface area contributed by atoms with Gasteiger partial charge in [0, 0.05) is 51.0 Å². The Morgan fingerprint density at radius 2 is 1.86 bits per heavy atom. The number of benzene rings is 1. The number of anilines is 1. The highest BCUT2D eigenvalue weighted by molar-refractivity contribution is 5.79. The second kappa shape index (κ2) is 9.60. The van der Waals surface area contributed by atoms with E-state index in [2.05, 4.69) is 51.5 Å². The Morgan fingerprint density at radius 1 is 1.07 bits per heavy atom. The van der Waals surface area contributed by atoms with Crippen molar-refractivity contribution in [1.82, 2.24) is 15.1 Å². The van der Waals surface area contributed by atoms with Gasteiger partial charge in [0.2, 0.25) is 5.91 Å². The SMILES string of the molecule is N#CC1CCCN1C(=O)CNC1CCC(CN2CCN(c3ccccc3)CC2)C1. The van der Waals surface area contributed by atoms with Gasteiger partial charge in [0.15, 0.2) is 0 Å². The summed E-state index contributed by atoms with van der Waals surface area (Å²) in [5.41, 5.74) is 1.33. The first-order chi connectivity index (χ1) is 14.2. The van der Waals surface area contributed by atoms with Crippen LogP contribution in [0.2, 0.25) is 0 Å². The number of para-hydroxylation sites is 1. The monoisotopic (exact) mass is 395 g/mol. The summed E-state index contributed by atoms with van der Waals surface area (Å²) in [6.45, 7) is 6.76. The molecule has 3 unspecified atom stereocenters. The van der Waals surface area contributed by atoms with Crippen molar-refractivity contribution < 1.29 is 4.79 Å². The first kappa shape index (κ1) is 20.2. The molecular formula is C23H33N5O. The Hall–Kier alpha value is -2.10. The van der Waals surface area contributed by atoms with E-state index in [0.717, 1.165) is 64.3 Å². The zero-order valence-electron chi connectivity index (χ0n) is 17.3. The zero-order chi connectivity index (χ0) is 20.1. The van der Waals surface area contributed by atoms with Gasteiger partial charge in [0.05, 0.1) is 12.6 Å². The molecule has 2 saturated heterocycles. The molecule has 0 radical (unpaired) electrons. The van der Waals surface area contributed by atoms with Gasteiger partial charge in [0.25, 0.3) is 0 Å². The molecule has 29 heavy (non-hydrogen) atoms. The van der Waals surface area contributed by atoms with Gasteiger partial charge in [0.1, 0.15) is 6.04 Å². The molecule has 2 heterocycles. The van der Waals surface area contributed by atoms with E-state index in [9.17, 15) is 4.79 Å². The topological polar surface area (TPSA) is 62.6 Å². The molecule has 1 aromatic carbocycles. The maximum Gasteiger partial charge on any atom is 0.237 e. The Morgan fingerprint density at radius 3 is 2.62 bits per heavy atom. The highest BCUT2D eigenvalue weighted by Crippen LogP contribution is 2.27. The number of hydrogen-bond acceptors (Lipinski definition) is 5. The van der Waals surface area contributed by atoms with E-state index < -0.39 is 0 Å². The Labute approximate surface area is 174 Å². The van der Waals surface area contributed by atoms with Crippen LogP contribution in [0.5, 0.6) is 0 Å². The number of likely N-dealkylation sites (tertiary alicyclic amines) is 1. The number of carbonyl (C=O) groups excluding carboxylic acids is 1. The van der Waals surface area contributed by atoms with Crippen molar-refractivity contribution in [2.45, 2.75) is 44.2 Å². The van der Waals surface area contributed by atoms with E-state index in [0.29, 0.717) is 12.6 Å². The second-order valence-corrected chi connectivity index (χ2v) is 8.75. The minimum atomic E-state index is -0.213. The van der Waals surface area contributed by atoms with Crippen molar-refractivity contribution in [3.63, 3.8) is 0 Å². The summed E-state index contributed by atoms with van der Waals surface area (Å²) in [4.78, 5) is 19.3. The molecular weight excluding hydrogens is 362 g/mol. The molecule has 1 amide bonds. The molecule has 6 nitrogen and oxygen atoms in total. The van der Waals surface area contributed by atoms with Crippen LogP contribution in [0.1, 0.15) is 32.1 Å². The fourth-order valence-electron chi connectivity index (χ4n) is 5.15. The lowest BCUT2D eigenvalue weighted by Crippen LogP contribution is -2.47. The third-order valence-corrected chi connectivity index (χ3v) is 6.82. The fourth-order valence-corrected chi connectivity index (χ4v) is 5.15. The molecule has 1 aliphatic carbocycles. The van der Waals surface area contributed by atoms with Gasteiger partial charge in [-0.05, 0) is 50.2 Å². The molecule has 4 rings (SSSR count). The van der Waals surface area contributed by atoms with Crippen molar-refractivity contribution in [2.75, 3.05) is 50.7 Å². The number of carbonyl (C=O) groups is 1. The number of amides is 1. The van der Waals surface area contributed by atoms with Crippen LogP contribution in [0.4, 0.5) is 5.69 Å². The lowest BCUT2D eigenvalue weighted by molar-refractivity contribution is -0.130. The van der Waals surface area contributed by atoms with E-state index in [1.54, 1.807) is 4.90 Å². The summed E-state index contributed by atoms with van der Waals surface area (Å²) in [6, 6.07) is 13.2. The standard InChI is InChI=1S/C23H33N5O/c24-16-22-7-4-10-28(22)23(29)17-25-20-9-8-19(15-20)18-26-11-13-27(14-12-26)21-5-2-1-3-6-21/h1-3,5-6,19-20,22,25H,4,7-15,17-18H2. The highest BCUT2D eigenvalue weighted by Gasteiger charge is 2.31. The summed E-state index contributed by atoms with van der Waals surface area (Å²) >= 11 is 0. The summed E-state index contributed by atoms with van der Waals surface area (Å²) in [5.74, 6) is 0.819. The average molecular weight is 396 g/mol. The first-order valence-corrected chi connectivity index (χ1v) is 11.2. The molecule has 0 aromatic heterocycles. The van der Waals surface area contributed by atoms with Crippen LogP contribution in [0.15, 0.2) is 30.3 Å². The predicted octanol–water partition coefficient (Wildman–Crippen LogP) is 2.08. The van der Waals surface area contributed by atoms with Crippen molar-refractivity contribution in [1.29, 1.82) is 5.26 Å². The molecule has 0 bridgehead atoms. The maximum atomic E-state index is 12.4. The predicted molar refractivity (Wildman–Crippen MR) is 115 cm³/mol. The van der Waals surface area contributed by atoms with E-state index in [-0.39, 0.29) is 11.9 Å². The fraction of sp³-hybridized carbons (Fsp3) is 0.652. The Kier molecular flexibility index (Phi) is 6.68. The van der Waals surface area contributed by atoms with Crippen LogP contribution in [-0.2, 0) is 4.79 Å². The van der Waals surface area contributed by atoms with Crippen LogP contribution < -0.4 is 10.2 Å². The van der Waals surface area contributed by atoms with Crippen molar-refractivity contribution >= 4 is 11.6 Å². The lowest BCUT2D eigenvalue weighted by atomic mass is 10.1. The van der Waals surface area contributed by atoms with Gasteiger partial charge in [-0.3, -0.25) is 9.69 Å². The van der Waals surface area contributed by atoms with Crippen molar-refractivity contribution in [3.05, 3.63) is 30.3 Å². The van der Waals surface area contributed by atoms with Gasteiger partial charge in [-0.2, -0.15) is 5.26 Å². The van der Waals surface area contributed by atoms with E-state index in [4.69, 9.17) is 5.26 Å². The van der Waals surface area contributed by atoms with Gasteiger partial charge >= 0.3 is 0 Å². The minimum absolute atomic E-state index is 0.0922. The van der Waals surface area contributed by atoms with Gasteiger partial charge < -0.3 is 15.1 Å². The van der Waals surface area contributed by atoms with Crippen LogP contribution in [-0.4, -0.2) is 73.6 Å². The van der Waals surface area contributed by atoms with Crippen LogP contribution in [0.3, 0.4) is 0 Å². The average Bonchev–Trinajstić information content (AvgIpc) is 3.42. The van der Waals surface area contributed by atoms with Crippen molar-refractivity contribution in [3.8, 4) is 6.07 Å². The number of rotatable bonds is 6. The number of nitriles is 1.